The lowest BCUT2D eigenvalue weighted by Crippen LogP contribution is -2.12. The summed E-state index contributed by atoms with van der Waals surface area (Å²) in [4.78, 5) is 11.2. The van der Waals surface area contributed by atoms with Gasteiger partial charge in [-0.1, -0.05) is 26.7 Å². The predicted octanol–water partition coefficient (Wildman–Crippen LogP) is 2.42. The SMILES string of the molecule is CCCC(C)CC(=O)COCC. The van der Waals surface area contributed by atoms with Gasteiger partial charge < -0.3 is 4.74 Å². The fourth-order valence-electron chi connectivity index (χ4n) is 1.26. The predicted molar refractivity (Wildman–Crippen MR) is 50.2 cm³/mol. The molecule has 12 heavy (non-hydrogen) atoms. The van der Waals surface area contributed by atoms with Gasteiger partial charge in [0.2, 0.25) is 0 Å². The molecule has 0 heterocycles. The Morgan fingerprint density at radius 3 is 2.58 bits per heavy atom. The molecular formula is C10H20O2. The summed E-state index contributed by atoms with van der Waals surface area (Å²) < 4.78 is 5.02. The topological polar surface area (TPSA) is 26.3 Å². The molecular weight excluding hydrogens is 152 g/mol. The van der Waals surface area contributed by atoms with Crippen LogP contribution in [0.1, 0.15) is 40.0 Å². The van der Waals surface area contributed by atoms with Crippen molar-refractivity contribution in [2.45, 2.75) is 40.0 Å². The smallest absolute Gasteiger partial charge is 0.158 e. The van der Waals surface area contributed by atoms with Crippen molar-refractivity contribution in [2.24, 2.45) is 5.92 Å². The first-order chi connectivity index (χ1) is 5.70. The van der Waals surface area contributed by atoms with Crippen molar-refractivity contribution in [3.05, 3.63) is 0 Å². The second-order valence-corrected chi connectivity index (χ2v) is 3.27. The molecule has 1 unspecified atom stereocenters. The third kappa shape index (κ3) is 6.35. The van der Waals surface area contributed by atoms with E-state index in [0.717, 1.165) is 12.8 Å². The molecule has 0 saturated heterocycles. The Morgan fingerprint density at radius 1 is 1.42 bits per heavy atom. The molecule has 0 aliphatic rings. The number of rotatable bonds is 7. The summed E-state index contributed by atoms with van der Waals surface area (Å²) in [6.45, 7) is 7.10. The molecule has 0 aromatic rings. The van der Waals surface area contributed by atoms with E-state index in [9.17, 15) is 4.79 Å². The van der Waals surface area contributed by atoms with Crippen LogP contribution in [0.4, 0.5) is 0 Å². The van der Waals surface area contributed by atoms with Gasteiger partial charge in [0.05, 0.1) is 0 Å². The number of carbonyl (C=O) groups excluding carboxylic acids is 1. The zero-order valence-corrected chi connectivity index (χ0v) is 8.43. The van der Waals surface area contributed by atoms with E-state index in [1.54, 1.807) is 0 Å². The summed E-state index contributed by atoms with van der Waals surface area (Å²) in [7, 11) is 0. The molecule has 0 saturated carbocycles. The third-order valence-electron chi connectivity index (χ3n) is 1.82. The summed E-state index contributed by atoms with van der Waals surface area (Å²) in [6.07, 6.45) is 2.97. The number of hydrogen-bond acceptors (Lipinski definition) is 2. The minimum Gasteiger partial charge on any atom is -0.374 e. The highest BCUT2D eigenvalue weighted by molar-refractivity contribution is 5.79. The maximum Gasteiger partial charge on any atom is 0.158 e. The van der Waals surface area contributed by atoms with Crippen molar-refractivity contribution in [1.82, 2.24) is 0 Å². The number of hydrogen-bond donors (Lipinski definition) is 0. The highest BCUT2D eigenvalue weighted by Gasteiger charge is 2.07. The van der Waals surface area contributed by atoms with E-state index in [0.29, 0.717) is 25.6 Å². The lowest BCUT2D eigenvalue weighted by molar-refractivity contribution is -0.124. The van der Waals surface area contributed by atoms with E-state index in [1.807, 2.05) is 6.92 Å². The Morgan fingerprint density at radius 2 is 2.08 bits per heavy atom. The van der Waals surface area contributed by atoms with Crippen LogP contribution < -0.4 is 0 Å². The van der Waals surface area contributed by atoms with Crippen molar-refractivity contribution in [1.29, 1.82) is 0 Å². The lowest BCUT2D eigenvalue weighted by Gasteiger charge is -2.08. The number of carbonyl (C=O) groups is 1. The first kappa shape index (κ1) is 11.6. The summed E-state index contributed by atoms with van der Waals surface area (Å²) >= 11 is 0. The Bertz CT molecular complexity index is 121. The third-order valence-corrected chi connectivity index (χ3v) is 1.82. The maximum atomic E-state index is 11.2. The van der Waals surface area contributed by atoms with Crippen LogP contribution in [-0.2, 0) is 9.53 Å². The van der Waals surface area contributed by atoms with Crippen LogP contribution in [0.25, 0.3) is 0 Å². The molecule has 2 heteroatoms. The molecule has 2 nitrogen and oxygen atoms in total. The number of ether oxygens (including phenoxy) is 1. The maximum absolute atomic E-state index is 11.2. The lowest BCUT2D eigenvalue weighted by atomic mass is 10.00. The molecule has 0 spiro atoms. The molecule has 0 radical (unpaired) electrons. The van der Waals surface area contributed by atoms with E-state index in [2.05, 4.69) is 13.8 Å². The van der Waals surface area contributed by atoms with Gasteiger partial charge in [0.15, 0.2) is 5.78 Å². The van der Waals surface area contributed by atoms with Crippen LogP contribution >= 0.6 is 0 Å². The fourth-order valence-corrected chi connectivity index (χ4v) is 1.26. The van der Waals surface area contributed by atoms with Crippen molar-refractivity contribution >= 4 is 5.78 Å². The van der Waals surface area contributed by atoms with E-state index < -0.39 is 0 Å². The van der Waals surface area contributed by atoms with Crippen LogP contribution in [0.15, 0.2) is 0 Å². The molecule has 0 N–H and O–H groups in total. The van der Waals surface area contributed by atoms with Gasteiger partial charge in [-0.2, -0.15) is 0 Å². The zero-order valence-electron chi connectivity index (χ0n) is 8.43. The minimum atomic E-state index is 0.234. The van der Waals surface area contributed by atoms with Crippen LogP contribution in [-0.4, -0.2) is 19.0 Å². The normalized spacial score (nSPS) is 12.9. The monoisotopic (exact) mass is 172 g/mol. The zero-order chi connectivity index (χ0) is 9.40. The van der Waals surface area contributed by atoms with Crippen LogP contribution in [0, 0.1) is 5.92 Å². The molecule has 72 valence electrons. The molecule has 1 atom stereocenters. The van der Waals surface area contributed by atoms with E-state index in [-0.39, 0.29) is 5.78 Å². The van der Waals surface area contributed by atoms with Crippen molar-refractivity contribution in [3.8, 4) is 0 Å². The van der Waals surface area contributed by atoms with Gasteiger partial charge in [0.25, 0.3) is 0 Å². The summed E-state index contributed by atoms with van der Waals surface area (Å²) in [5.74, 6) is 0.751. The van der Waals surface area contributed by atoms with Gasteiger partial charge in [0.1, 0.15) is 6.61 Å². The van der Waals surface area contributed by atoms with Gasteiger partial charge in [-0.15, -0.1) is 0 Å². The Labute approximate surface area is 75.3 Å². The van der Waals surface area contributed by atoms with Gasteiger partial charge in [-0.25, -0.2) is 0 Å². The second kappa shape index (κ2) is 7.29. The molecule has 0 aliphatic carbocycles. The quantitative estimate of drug-likeness (QED) is 0.589. The number of ketones is 1. The molecule has 0 aromatic carbocycles. The van der Waals surface area contributed by atoms with Gasteiger partial charge in [-0.05, 0) is 12.8 Å². The largest absolute Gasteiger partial charge is 0.374 e. The highest BCUT2D eigenvalue weighted by atomic mass is 16.5. The van der Waals surface area contributed by atoms with Crippen LogP contribution in [0.2, 0.25) is 0 Å². The van der Waals surface area contributed by atoms with Crippen molar-refractivity contribution < 1.29 is 9.53 Å². The first-order valence-electron chi connectivity index (χ1n) is 4.80. The molecule has 0 aliphatic heterocycles. The molecule has 0 bridgehead atoms. The van der Waals surface area contributed by atoms with E-state index >= 15 is 0 Å². The highest BCUT2D eigenvalue weighted by Crippen LogP contribution is 2.09. The van der Waals surface area contributed by atoms with Gasteiger partial charge in [-0.3, -0.25) is 4.79 Å². The first-order valence-corrected chi connectivity index (χ1v) is 4.80. The fraction of sp³-hybridized carbons (Fsp3) is 0.900. The Kier molecular flexibility index (Phi) is 7.06. The average Bonchev–Trinajstić information content (AvgIpc) is 2.01. The standard InChI is InChI=1S/C10H20O2/c1-4-6-9(3)7-10(11)8-12-5-2/h9H,4-8H2,1-3H3. The average molecular weight is 172 g/mol. The van der Waals surface area contributed by atoms with E-state index in [1.165, 1.54) is 0 Å². The van der Waals surface area contributed by atoms with Gasteiger partial charge >= 0.3 is 0 Å². The molecule has 0 amide bonds. The Hall–Kier alpha value is -0.370. The summed E-state index contributed by atoms with van der Waals surface area (Å²) in [5, 5.41) is 0. The second-order valence-electron chi connectivity index (χ2n) is 3.27. The van der Waals surface area contributed by atoms with Gasteiger partial charge in [0, 0.05) is 13.0 Å². The van der Waals surface area contributed by atoms with Crippen LogP contribution in [0.3, 0.4) is 0 Å². The molecule has 0 rings (SSSR count). The Balaban J connectivity index is 3.40. The molecule has 0 fully saturated rings. The minimum absolute atomic E-state index is 0.234. The van der Waals surface area contributed by atoms with Crippen molar-refractivity contribution in [3.63, 3.8) is 0 Å². The summed E-state index contributed by atoms with van der Waals surface area (Å²) in [6, 6.07) is 0. The van der Waals surface area contributed by atoms with Crippen molar-refractivity contribution in [2.75, 3.05) is 13.2 Å². The van der Waals surface area contributed by atoms with E-state index in [4.69, 9.17) is 4.74 Å². The summed E-state index contributed by atoms with van der Waals surface area (Å²) in [5.41, 5.74) is 0. The molecule has 0 aromatic heterocycles. The van der Waals surface area contributed by atoms with Crippen LogP contribution in [0.5, 0.6) is 0 Å². The number of Topliss-reactive ketones (excluding diaryl/α,β-unsaturated/α-hetero) is 1.